The predicted octanol–water partition coefficient (Wildman–Crippen LogP) is 4.38. The van der Waals surface area contributed by atoms with E-state index in [1.54, 1.807) is 12.1 Å². The molecule has 0 saturated carbocycles. The van der Waals surface area contributed by atoms with Crippen LogP contribution in [0.15, 0.2) is 31.2 Å². The van der Waals surface area contributed by atoms with E-state index in [1.807, 2.05) is 18.4 Å². The number of rotatable bonds is 2. The van der Waals surface area contributed by atoms with Crippen LogP contribution in [0.25, 0.3) is 0 Å². The Hall–Kier alpha value is -0.900. The summed E-state index contributed by atoms with van der Waals surface area (Å²) < 4.78 is 14.9. The van der Waals surface area contributed by atoms with Gasteiger partial charge in [-0.05, 0) is 35.0 Å². The van der Waals surface area contributed by atoms with Crippen molar-refractivity contribution in [2.24, 2.45) is 0 Å². The Morgan fingerprint density at radius 1 is 1.53 bits per heavy atom. The van der Waals surface area contributed by atoms with Gasteiger partial charge in [0.15, 0.2) is 10.2 Å². The van der Waals surface area contributed by atoms with E-state index in [2.05, 4.69) is 20.9 Å². The molecule has 0 aliphatic rings. The smallest absolute Gasteiger partial charge is 0.154 e. The number of aryl methyl sites for hydroxylation is 1. The van der Waals surface area contributed by atoms with Crippen molar-refractivity contribution in [3.05, 3.63) is 39.1 Å². The highest BCUT2D eigenvalue weighted by atomic mass is 79.9. The minimum atomic E-state index is -0.415. The summed E-state index contributed by atoms with van der Waals surface area (Å²) in [6.45, 7) is 1.89. The van der Waals surface area contributed by atoms with Gasteiger partial charge in [0.2, 0.25) is 0 Å². The fourth-order valence-corrected chi connectivity index (χ4v) is 3.57. The monoisotopic (exact) mass is 328 g/mol. The van der Waals surface area contributed by atoms with Crippen LogP contribution in [0.3, 0.4) is 0 Å². The standard InChI is InChI=1S/C11H6BrFN2S2/c1-6-5-16-11(15-6)17-8-3-2-7(4-14)9(12)10(8)13/h2-3,5H,1H3. The van der Waals surface area contributed by atoms with Crippen molar-refractivity contribution in [3.8, 4) is 6.07 Å². The number of aromatic nitrogens is 1. The second-order valence-electron chi connectivity index (χ2n) is 3.21. The molecule has 2 rings (SSSR count). The summed E-state index contributed by atoms with van der Waals surface area (Å²) in [6.07, 6.45) is 0. The largest absolute Gasteiger partial charge is 0.235 e. The van der Waals surface area contributed by atoms with Gasteiger partial charge in [-0.3, -0.25) is 0 Å². The van der Waals surface area contributed by atoms with Gasteiger partial charge in [0.25, 0.3) is 0 Å². The highest BCUT2D eigenvalue weighted by molar-refractivity contribution is 9.10. The molecule has 0 saturated heterocycles. The summed E-state index contributed by atoms with van der Waals surface area (Å²) in [5, 5.41) is 10.7. The Morgan fingerprint density at radius 3 is 2.88 bits per heavy atom. The summed E-state index contributed by atoms with van der Waals surface area (Å²) in [6, 6.07) is 5.11. The topological polar surface area (TPSA) is 36.7 Å². The summed E-state index contributed by atoms with van der Waals surface area (Å²) in [7, 11) is 0. The van der Waals surface area contributed by atoms with Crippen LogP contribution < -0.4 is 0 Å². The molecule has 1 aromatic carbocycles. The molecule has 0 atom stereocenters. The summed E-state index contributed by atoms with van der Waals surface area (Å²) >= 11 is 5.82. The van der Waals surface area contributed by atoms with Crippen molar-refractivity contribution in [3.63, 3.8) is 0 Å². The molecule has 0 aliphatic carbocycles. The van der Waals surface area contributed by atoms with Crippen LogP contribution in [0.5, 0.6) is 0 Å². The van der Waals surface area contributed by atoms with Gasteiger partial charge in [-0.1, -0.05) is 11.8 Å². The van der Waals surface area contributed by atoms with Crippen molar-refractivity contribution in [1.29, 1.82) is 5.26 Å². The Bertz CT molecular complexity index is 604. The first-order chi connectivity index (χ1) is 8.11. The second-order valence-corrected chi connectivity index (χ2v) is 6.15. The number of thiazole rings is 1. The minimum Gasteiger partial charge on any atom is -0.235 e. The summed E-state index contributed by atoms with van der Waals surface area (Å²) in [4.78, 5) is 4.72. The van der Waals surface area contributed by atoms with Crippen molar-refractivity contribution in [2.45, 2.75) is 16.2 Å². The maximum atomic E-state index is 13.9. The van der Waals surface area contributed by atoms with Gasteiger partial charge < -0.3 is 0 Å². The maximum Gasteiger partial charge on any atom is 0.154 e. The zero-order chi connectivity index (χ0) is 12.4. The highest BCUT2D eigenvalue weighted by Gasteiger charge is 2.13. The average Bonchev–Trinajstić information content (AvgIpc) is 2.71. The third-order valence-corrected chi connectivity index (χ3v) is 4.83. The van der Waals surface area contributed by atoms with Crippen molar-refractivity contribution >= 4 is 39.0 Å². The molecule has 0 unspecified atom stereocenters. The van der Waals surface area contributed by atoms with E-state index < -0.39 is 5.82 Å². The molecule has 1 heterocycles. The van der Waals surface area contributed by atoms with E-state index in [-0.39, 0.29) is 4.47 Å². The van der Waals surface area contributed by atoms with Gasteiger partial charge in [-0.2, -0.15) is 5.26 Å². The number of halogens is 2. The molecule has 86 valence electrons. The molecule has 1 aromatic heterocycles. The Balaban J connectivity index is 2.35. The van der Waals surface area contributed by atoms with E-state index in [0.717, 1.165) is 10.0 Å². The number of nitrogens with zero attached hydrogens (tertiary/aromatic N) is 2. The molecular formula is C11H6BrFN2S2. The van der Waals surface area contributed by atoms with E-state index in [4.69, 9.17) is 5.26 Å². The van der Waals surface area contributed by atoms with E-state index in [1.165, 1.54) is 23.1 Å². The lowest BCUT2D eigenvalue weighted by Crippen LogP contribution is -1.87. The van der Waals surface area contributed by atoms with Gasteiger partial charge in [0.05, 0.1) is 14.9 Å². The van der Waals surface area contributed by atoms with Crippen LogP contribution in [0.1, 0.15) is 11.3 Å². The number of benzene rings is 1. The zero-order valence-electron chi connectivity index (χ0n) is 8.70. The normalized spacial score (nSPS) is 10.2. The molecule has 0 spiro atoms. The van der Waals surface area contributed by atoms with Crippen molar-refractivity contribution in [1.82, 2.24) is 4.98 Å². The first-order valence-electron chi connectivity index (χ1n) is 4.60. The summed E-state index contributed by atoms with van der Waals surface area (Å²) in [5.74, 6) is -0.415. The minimum absolute atomic E-state index is 0.207. The third kappa shape index (κ3) is 2.68. The zero-order valence-corrected chi connectivity index (χ0v) is 11.9. The molecule has 0 radical (unpaired) electrons. The van der Waals surface area contributed by atoms with E-state index >= 15 is 0 Å². The number of nitriles is 1. The third-order valence-electron chi connectivity index (χ3n) is 1.96. The molecule has 0 fully saturated rings. The van der Waals surface area contributed by atoms with E-state index in [9.17, 15) is 4.39 Å². The number of hydrogen-bond donors (Lipinski definition) is 0. The quantitative estimate of drug-likeness (QED) is 0.821. The van der Waals surface area contributed by atoms with Gasteiger partial charge in [-0.25, -0.2) is 9.37 Å². The first-order valence-corrected chi connectivity index (χ1v) is 7.09. The molecule has 2 aromatic rings. The lowest BCUT2D eigenvalue weighted by molar-refractivity contribution is 0.594. The van der Waals surface area contributed by atoms with Crippen LogP contribution in [-0.2, 0) is 0 Å². The molecule has 17 heavy (non-hydrogen) atoms. The molecule has 2 nitrogen and oxygen atoms in total. The van der Waals surface area contributed by atoms with Crippen LogP contribution in [-0.4, -0.2) is 4.98 Å². The molecular weight excluding hydrogens is 323 g/mol. The lowest BCUT2D eigenvalue weighted by Gasteiger charge is -2.03. The molecule has 0 bridgehead atoms. The first kappa shape index (κ1) is 12.6. The highest BCUT2D eigenvalue weighted by Crippen LogP contribution is 2.35. The Kier molecular flexibility index (Phi) is 3.82. The molecule has 0 aliphatic heterocycles. The van der Waals surface area contributed by atoms with E-state index in [0.29, 0.717) is 10.5 Å². The van der Waals surface area contributed by atoms with Crippen molar-refractivity contribution in [2.75, 3.05) is 0 Å². The fourth-order valence-electron chi connectivity index (χ4n) is 1.17. The summed E-state index contributed by atoms with van der Waals surface area (Å²) in [5.41, 5.74) is 1.22. The Labute approximate surface area is 115 Å². The predicted molar refractivity (Wildman–Crippen MR) is 69.8 cm³/mol. The lowest BCUT2D eigenvalue weighted by atomic mass is 10.2. The molecule has 6 heteroatoms. The van der Waals surface area contributed by atoms with Crippen LogP contribution >= 0.6 is 39.0 Å². The van der Waals surface area contributed by atoms with Crippen molar-refractivity contribution < 1.29 is 4.39 Å². The van der Waals surface area contributed by atoms with Crippen LogP contribution in [0.2, 0.25) is 0 Å². The SMILES string of the molecule is Cc1csc(Sc2ccc(C#N)c(Br)c2F)n1. The van der Waals surface area contributed by atoms with Gasteiger partial charge in [-0.15, -0.1) is 11.3 Å². The molecule has 0 N–H and O–H groups in total. The van der Waals surface area contributed by atoms with Gasteiger partial charge in [0, 0.05) is 11.1 Å². The Morgan fingerprint density at radius 2 is 2.29 bits per heavy atom. The number of hydrogen-bond acceptors (Lipinski definition) is 4. The average molecular weight is 329 g/mol. The molecule has 0 amide bonds. The van der Waals surface area contributed by atoms with Gasteiger partial charge in [0.1, 0.15) is 6.07 Å². The maximum absolute atomic E-state index is 13.9. The second kappa shape index (κ2) is 5.17. The van der Waals surface area contributed by atoms with Crippen LogP contribution in [0.4, 0.5) is 4.39 Å². The fraction of sp³-hybridized carbons (Fsp3) is 0.0909. The van der Waals surface area contributed by atoms with Gasteiger partial charge >= 0.3 is 0 Å². The van der Waals surface area contributed by atoms with Crippen LogP contribution in [0, 0.1) is 24.1 Å².